The standard InChI is InChI=1S/C16H24N2O3S/c1-11-10-22-14(17-11)9-18(8-13-4-3-5-21-13)15(19)12-6-16(2,20)7-12/h10,12-13,20H,3-9H2,1-2H3. The Labute approximate surface area is 135 Å². The summed E-state index contributed by atoms with van der Waals surface area (Å²) in [6.07, 6.45) is 3.35. The van der Waals surface area contributed by atoms with Gasteiger partial charge in [-0.05, 0) is 39.5 Å². The summed E-state index contributed by atoms with van der Waals surface area (Å²) in [5.41, 5.74) is 0.323. The van der Waals surface area contributed by atoms with Crippen LogP contribution in [0.2, 0.25) is 0 Å². The summed E-state index contributed by atoms with van der Waals surface area (Å²) >= 11 is 1.60. The van der Waals surface area contributed by atoms with Crippen LogP contribution >= 0.6 is 11.3 Å². The number of thiazole rings is 1. The van der Waals surface area contributed by atoms with E-state index in [9.17, 15) is 9.90 Å². The van der Waals surface area contributed by atoms with Crippen LogP contribution in [0.25, 0.3) is 0 Å². The third-order valence-electron chi connectivity index (χ3n) is 4.47. The molecule has 0 bridgehead atoms. The van der Waals surface area contributed by atoms with E-state index in [1.807, 2.05) is 17.2 Å². The minimum absolute atomic E-state index is 0.0579. The SMILES string of the molecule is Cc1csc(CN(CC2CCCO2)C(=O)C2CC(C)(O)C2)n1. The highest BCUT2D eigenvalue weighted by Crippen LogP contribution is 2.38. The summed E-state index contributed by atoms with van der Waals surface area (Å²) in [6, 6.07) is 0. The maximum atomic E-state index is 12.7. The number of carbonyl (C=O) groups excluding carboxylic acids is 1. The summed E-state index contributed by atoms with van der Waals surface area (Å²) < 4.78 is 5.69. The summed E-state index contributed by atoms with van der Waals surface area (Å²) in [7, 11) is 0. The highest BCUT2D eigenvalue weighted by Gasteiger charge is 2.44. The molecule has 1 aliphatic carbocycles. The van der Waals surface area contributed by atoms with Crippen LogP contribution in [0.4, 0.5) is 0 Å². The Balaban J connectivity index is 1.66. The lowest BCUT2D eigenvalue weighted by atomic mass is 9.71. The molecule has 0 radical (unpaired) electrons. The molecule has 5 nitrogen and oxygen atoms in total. The van der Waals surface area contributed by atoms with Crippen molar-refractivity contribution in [3.05, 3.63) is 16.1 Å². The number of rotatable bonds is 5. The van der Waals surface area contributed by atoms with Crippen LogP contribution in [0.15, 0.2) is 5.38 Å². The fourth-order valence-electron chi connectivity index (χ4n) is 3.34. The number of ether oxygens (including phenoxy) is 1. The molecule has 22 heavy (non-hydrogen) atoms. The highest BCUT2D eigenvalue weighted by atomic mass is 32.1. The van der Waals surface area contributed by atoms with Crippen LogP contribution in [0, 0.1) is 12.8 Å². The minimum atomic E-state index is -0.673. The summed E-state index contributed by atoms with van der Waals surface area (Å²) in [6.45, 7) is 5.74. The smallest absolute Gasteiger partial charge is 0.226 e. The van der Waals surface area contributed by atoms with Gasteiger partial charge in [-0.1, -0.05) is 0 Å². The zero-order valence-corrected chi connectivity index (χ0v) is 14.1. The average Bonchev–Trinajstić information content (AvgIpc) is 3.06. The summed E-state index contributed by atoms with van der Waals surface area (Å²) in [4.78, 5) is 19.1. The number of carbonyl (C=O) groups is 1. The molecule has 2 heterocycles. The predicted molar refractivity (Wildman–Crippen MR) is 84.6 cm³/mol. The molecule has 1 aromatic heterocycles. The van der Waals surface area contributed by atoms with Crippen LogP contribution in [0.1, 0.15) is 43.3 Å². The second-order valence-corrected chi connectivity index (χ2v) is 7.78. The Morgan fingerprint density at radius 3 is 2.91 bits per heavy atom. The molecule has 1 aliphatic heterocycles. The fraction of sp³-hybridized carbons (Fsp3) is 0.750. The van der Waals surface area contributed by atoms with Gasteiger partial charge in [0.05, 0.1) is 18.2 Å². The monoisotopic (exact) mass is 324 g/mol. The molecule has 1 saturated carbocycles. The zero-order chi connectivity index (χ0) is 15.7. The predicted octanol–water partition coefficient (Wildman–Crippen LogP) is 2.12. The molecule has 1 saturated heterocycles. The van der Waals surface area contributed by atoms with Gasteiger partial charge in [-0.15, -0.1) is 11.3 Å². The molecule has 2 aliphatic rings. The van der Waals surface area contributed by atoms with Crippen molar-refractivity contribution in [3.63, 3.8) is 0 Å². The first-order valence-corrected chi connectivity index (χ1v) is 8.85. The van der Waals surface area contributed by atoms with Crippen molar-refractivity contribution < 1.29 is 14.6 Å². The molecule has 1 N–H and O–H groups in total. The average molecular weight is 324 g/mol. The van der Waals surface area contributed by atoms with Crippen LogP contribution in [0.5, 0.6) is 0 Å². The van der Waals surface area contributed by atoms with E-state index in [2.05, 4.69) is 4.98 Å². The van der Waals surface area contributed by atoms with Gasteiger partial charge in [0, 0.05) is 30.1 Å². The second-order valence-electron chi connectivity index (χ2n) is 6.84. The van der Waals surface area contributed by atoms with E-state index in [0.29, 0.717) is 25.9 Å². The van der Waals surface area contributed by atoms with Crippen molar-refractivity contribution in [2.75, 3.05) is 13.2 Å². The Morgan fingerprint density at radius 1 is 1.59 bits per heavy atom. The topological polar surface area (TPSA) is 62.7 Å². The second kappa shape index (κ2) is 6.26. The number of aliphatic hydroxyl groups is 1. The van der Waals surface area contributed by atoms with Gasteiger partial charge in [0.1, 0.15) is 5.01 Å². The molecule has 1 aromatic rings. The maximum Gasteiger partial charge on any atom is 0.226 e. The normalized spacial score (nSPS) is 31.0. The van der Waals surface area contributed by atoms with Gasteiger partial charge in [0.25, 0.3) is 0 Å². The van der Waals surface area contributed by atoms with Gasteiger partial charge >= 0.3 is 0 Å². The Kier molecular flexibility index (Phi) is 4.52. The molecule has 0 spiro atoms. The van der Waals surface area contributed by atoms with Crippen LogP contribution in [0.3, 0.4) is 0 Å². The molecule has 1 atom stereocenters. The molecule has 1 amide bonds. The lowest BCUT2D eigenvalue weighted by molar-refractivity contribution is -0.151. The lowest BCUT2D eigenvalue weighted by Gasteiger charge is -2.42. The number of hydrogen-bond donors (Lipinski definition) is 1. The zero-order valence-electron chi connectivity index (χ0n) is 13.2. The van der Waals surface area contributed by atoms with Crippen LogP contribution in [-0.4, -0.2) is 45.8 Å². The molecule has 6 heteroatoms. The molecule has 3 rings (SSSR count). The van der Waals surface area contributed by atoms with Gasteiger partial charge < -0.3 is 14.7 Å². The van der Waals surface area contributed by atoms with E-state index in [1.54, 1.807) is 18.3 Å². The largest absolute Gasteiger partial charge is 0.390 e. The van der Waals surface area contributed by atoms with E-state index in [4.69, 9.17) is 4.74 Å². The first kappa shape index (κ1) is 15.9. The molecular formula is C16H24N2O3S. The van der Waals surface area contributed by atoms with E-state index < -0.39 is 5.60 Å². The third-order valence-corrected chi connectivity index (χ3v) is 5.43. The first-order chi connectivity index (χ1) is 10.4. The van der Waals surface area contributed by atoms with Gasteiger partial charge in [-0.25, -0.2) is 4.98 Å². The van der Waals surface area contributed by atoms with Crippen molar-refractivity contribution in [1.82, 2.24) is 9.88 Å². The van der Waals surface area contributed by atoms with Crippen molar-refractivity contribution in [3.8, 4) is 0 Å². The van der Waals surface area contributed by atoms with Crippen molar-refractivity contribution in [1.29, 1.82) is 0 Å². The van der Waals surface area contributed by atoms with E-state index in [-0.39, 0.29) is 17.9 Å². The van der Waals surface area contributed by atoms with Crippen molar-refractivity contribution in [2.24, 2.45) is 5.92 Å². The van der Waals surface area contributed by atoms with E-state index in [1.165, 1.54) is 0 Å². The van der Waals surface area contributed by atoms with Gasteiger partial charge in [-0.2, -0.15) is 0 Å². The van der Waals surface area contributed by atoms with Gasteiger partial charge in [0.15, 0.2) is 0 Å². The van der Waals surface area contributed by atoms with Crippen LogP contribution < -0.4 is 0 Å². The lowest BCUT2D eigenvalue weighted by Crippen LogP contribution is -2.50. The summed E-state index contributed by atoms with van der Waals surface area (Å²) in [5, 5.41) is 12.9. The van der Waals surface area contributed by atoms with Crippen molar-refractivity contribution >= 4 is 17.2 Å². The molecule has 1 unspecified atom stereocenters. The Bertz CT molecular complexity index is 529. The number of amides is 1. The summed E-state index contributed by atoms with van der Waals surface area (Å²) in [5.74, 6) is 0.0762. The number of hydrogen-bond acceptors (Lipinski definition) is 5. The third kappa shape index (κ3) is 3.67. The number of nitrogens with zero attached hydrogens (tertiary/aromatic N) is 2. The van der Waals surface area contributed by atoms with E-state index >= 15 is 0 Å². The maximum absolute atomic E-state index is 12.7. The molecule has 2 fully saturated rings. The fourth-order valence-corrected chi connectivity index (χ4v) is 4.13. The van der Waals surface area contributed by atoms with Crippen molar-refractivity contribution in [2.45, 2.75) is 57.8 Å². The Morgan fingerprint density at radius 2 is 2.36 bits per heavy atom. The first-order valence-electron chi connectivity index (χ1n) is 7.97. The molecule has 122 valence electrons. The quantitative estimate of drug-likeness (QED) is 0.901. The number of aromatic nitrogens is 1. The number of aryl methyl sites for hydroxylation is 1. The minimum Gasteiger partial charge on any atom is -0.390 e. The molecular weight excluding hydrogens is 300 g/mol. The van der Waals surface area contributed by atoms with Gasteiger partial charge in [0.2, 0.25) is 5.91 Å². The highest BCUT2D eigenvalue weighted by molar-refractivity contribution is 7.09. The molecule has 0 aromatic carbocycles. The van der Waals surface area contributed by atoms with Gasteiger partial charge in [-0.3, -0.25) is 4.79 Å². The van der Waals surface area contributed by atoms with Crippen LogP contribution in [-0.2, 0) is 16.1 Å². The van der Waals surface area contributed by atoms with E-state index in [0.717, 1.165) is 30.2 Å². The Hall–Kier alpha value is -0.980.